The number of halogens is 1. The highest BCUT2D eigenvalue weighted by molar-refractivity contribution is 6.68. The van der Waals surface area contributed by atoms with Gasteiger partial charge in [0.25, 0.3) is 11.1 Å². The molecule has 0 spiro atoms. The minimum Gasteiger partial charge on any atom is -0.306 e. The Morgan fingerprint density at radius 2 is 1.79 bits per heavy atom. The van der Waals surface area contributed by atoms with Crippen molar-refractivity contribution < 1.29 is 9.59 Å². The van der Waals surface area contributed by atoms with E-state index in [2.05, 4.69) is 10.3 Å². The van der Waals surface area contributed by atoms with Gasteiger partial charge in [0.2, 0.25) is 0 Å². The predicted molar refractivity (Wildman–Crippen MR) is 73.6 cm³/mol. The van der Waals surface area contributed by atoms with Crippen LogP contribution >= 0.6 is 11.6 Å². The lowest BCUT2D eigenvalue weighted by Crippen LogP contribution is -2.16. The maximum Gasteiger partial charge on any atom is 0.257 e. The number of carbonyl (C=O) groups excluding carboxylic acids is 2. The second kappa shape index (κ2) is 5.63. The smallest absolute Gasteiger partial charge is 0.257 e. The van der Waals surface area contributed by atoms with Crippen LogP contribution in [0.5, 0.6) is 0 Å². The molecule has 1 heterocycles. The number of carbonyl (C=O) groups is 2. The summed E-state index contributed by atoms with van der Waals surface area (Å²) in [7, 11) is 0. The molecule has 2 aromatic rings. The Hall–Kier alpha value is -2.20. The summed E-state index contributed by atoms with van der Waals surface area (Å²) in [5.41, 5.74) is 1.54. The Morgan fingerprint density at radius 3 is 2.47 bits per heavy atom. The van der Waals surface area contributed by atoms with E-state index in [0.717, 1.165) is 5.56 Å². The van der Waals surface area contributed by atoms with E-state index in [1.54, 1.807) is 18.2 Å². The van der Waals surface area contributed by atoms with E-state index in [4.69, 9.17) is 11.6 Å². The lowest BCUT2D eigenvalue weighted by Gasteiger charge is -2.08. The first-order valence-corrected chi connectivity index (χ1v) is 5.99. The van der Waals surface area contributed by atoms with Gasteiger partial charge in [-0.05, 0) is 42.3 Å². The van der Waals surface area contributed by atoms with Crippen LogP contribution in [-0.2, 0) is 0 Å². The number of nitrogens with one attached hydrogen (secondary N) is 1. The number of hydrogen-bond acceptors (Lipinski definition) is 3. The Morgan fingerprint density at radius 1 is 1.11 bits per heavy atom. The van der Waals surface area contributed by atoms with Crippen molar-refractivity contribution in [2.75, 3.05) is 5.32 Å². The Bertz CT molecular complexity index is 641. The third kappa shape index (κ3) is 2.98. The first-order chi connectivity index (χ1) is 9.09. The maximum atomic E-state index is 12.1. The van der Waals surface area contributed by atoms with Crippen LogP contribution in [0.25, 0.3) is 0 Å². The number of nitrogens with zero attached hydrogens (tertiary/aromatic N) is 1. The van der Waals surface area contributed by atoms with Crippen LogP contribution in [-0.4, -0.2) is 16.1 Å². The predicted octanol–water partition coefficient (Wildman–Crippen LogP) is 3.02. The molecule has 0 saturated carbocycles. The molecule has 19 heavy (non-hydrogen) atoms. The van der Waals surface area contributed by atoms with Gasteiger partial charge in [-0.1, -0.05) is 18.2 Å². The van der Waals surface area contributed by atoms with Crippen LogP contribution in [0, 0.1) is 6.92 Å². The lowest BCUT2D eigenvalue weighted by atomic mass is 10.1. The van der Waals surface area contributed by atoms with Gasteiger partial charge in [0.1, 0.15) is 5.82 Å². The Labute approximate surface area is 115 Å². The maximum absolute atomic E-state index is 12.1. The van der Waals surface area contributed by atoms with Gasteiger partial charge >= 0.3 is 0 Å². The van der Waals surface area contributed by atoms with E-state index in [9.17, 15) is 9.59 Å². The van der Waals surface area contributed by atoms with Crippen LogP contribution in [0.4, 0.5) is 5.82 Å². The topological polar surface area (TPSA) is 59.1 Å². The van der Waals surface area contributed by atoms with Crippen LogP contribution in [0.15, 0.2) is 42.6 Å². The number of anilines is 1. The summed E-state index contributed by atoms with van der Waals surface area (Å²) in [6, 6.07) is 10.3. The van der Waals surface area contributed by atoms with Crippen LogP contribution in [0.2, 0.25) is 0 Å². The summed E-state index contributed by atoms with van der Waals surface area (Å²) in [6.07, 6.45) is 1.48. The van der Waals surface area contributed by atoms with Crippen molar-refractivity contribution in [3.63, 3.8) is 0 Å². The molecule has 96 valence electrons. The number of benzene rings is 1. The van der Waals surface area contributed by atoms with Crippen molar-refractivity contribution in [3.05, 3.63) is 59.3 Å². The average molecular weight is 275 g/mol. The van der Waals surface area contributed by atoms with E-state index >= 15 is 0 Å². The second-order valence-corrected chi connectivity index (χ2v) is 4.29. The SMILES string of the molecule is Cc1ccccc1C(=O)Nc1ncccc1C(=O)Cl. The molecule has 1 aromatic heterocycles. The van der Waals surface area contributed by atoms with E-state index in [1.165, 1.54) is 12.3 Å². The van der Waals surface area contributed by atoms with E-state index in [0.29, 0.717) is 5.56 Å². The molecular formula is C14H11ClN2O2. The molecule has 1 amide bonds. The van der Waals surface area contributed by atoms with Crippen LogP contribution < -0.4 is 5.32 Å². The van der Waals surface area contributed by atoms with Crippen molar-refractivity contribution in [2.45, 2.75) is 6.92 Å². The summed E-state index contributed by atoms with van der Waals surface area (Å²) in [5.74, 6) is -0.160. The molecule has 0 aliphatic carbocycles. The van der Waals surface area contributed by atoms with Gasteiger partial charge < -0.3 is 5.32 Å². The normalized spacial score (nSPS) is 10.0. The van der Waals surface area contributed by atoms with Gasteiger partial charge in [-0.3, -0.25) is 9.59 Å². The van der Waals surface area contributed by atoms with Gasteiger partial charge in [-0.2, -0.15) is 0 Å². The number of rotatable bonds is 3. The van der Waals surface area contributed by atoms with E-state index in [-0.39, 0.29) is 17.3 Å². The molecule has 1 aromatic carbocycles. The van der Waals surface area contributed by atoms with E-state index < -0.39 is 5.24 Å². The molecule has 1 N–H and O–H groups in total. The molecule has 0 aliphatic heterocycles. The molecule has 0 aliphatic rings. The highest BCUT2D eigenvalue weighted by Gasteiger charge is 2.14. The molecule has 0 fully saturated rings. The van der Waals surface area contributed by atoms with Crippen molar-refractivity contribution >= 4 is 28.6 Å². The Balaban J connectivity index is 2.30. The molecule has 0 atom stereocenters. The number of aromatic nitrogens is 1. The summed E-state index contributed by atoms with van der Waals surface area (Å²) in [5, 5.41) is 1.93. The van der Waals surface area contributed by atoms with Crippen molar-refractivity contribution in [1.82, 2.24) is 4.98 Å². The summed E-state index contributed by atoms with van der Waals surface area (Å²) < 4.78 is 0. The third-order valence-electron chi connectivity index (χ3n) is 2.64. The molecule has 4 nitrogen and oxygen atoms in total. The first-order valence-electron chi connectivity index (χ1n) is 5.61. The van der Waals surface area contributed by atoms with Gasteiger partial charge in [-0.25, -0.2) is 4.98 Å². The molecule has 2 rings (SSSR count). The fourth-order valence-corrected chi connectivity index (χ4v) is 1.82. The zero-order valence-corrected chi connectivity index (χ0v) is 10.9. The monoisotopic (exact) mass is 274 g/mol. The van der Waals surface area contributed by atoms with Crippen molar-refractivity contribution in [2.24, 2.45) is 0 Å². The molecule has 0 saturated heterocycles. The quantitative estimate of drug-likeness (QED) is 0.875. The highest BCUT2D eigenvalue weighted by atomic mass is 35.5. The number of aryl methyl sites for hydroxylation is 1. The average Bonchev–Trinajstić information content (AvgIpc) is 2.39. The molecule has 0 unspecified atom stereocenters. The second-order valence-electron chi connectivity index (χ2n) is 3.94. The van der Waals surface area contributed by atoms with Gasteiger partial charge in [0.05, 0.1) is 5.56 Å². The summed E-state index contributed by atoms with van der Waals surface area (Å²) >= 11 is 5.44. The molecule has 0 radical (unpaired) electrons. The standard InChI is InChI=1S/C14H11ClN2O2/c1-9-5-2-3-6-10(9)14(19)17-13-11(12(15)18)7-4-8-16-13/h2-8H,1H3,(H,16,17,19). The van der Waals surface area contributed by atoms with Gasteiger partial charge in [-0.15, -0.1) is 0 Å². The van der Waals surface area contributed by atoms with Gasteiger partial charge in [0, 0.05) is 11.8 Å². The first kappa shape index (κ1) is 13.2. The largest absolute Gasteiger partial charge is 0.306 e. The fourth-order valence-electron chi connectivity index (χ4n) is 1.67. The van der Waals surface area contributed by atoms with Crippen LogP contribution in [0.1, 0.15) is 26.3 Å². The van der Waals surface area contributed by atoms with Crippen molar-refractivity contribution in [1.29, 1.82) is 0 Å². The van der Waals surface area contributed by atoms with Gasteiger partial charge in [0.15, 0.2) is 0 Å². The highest BCUT2D eigenvalue weighted by Crippen LogP contribution is 2.16. The zero-order valence-electron chi connectivity index (χ0n) is 10.2. The van der Waals surface area contributed by atoms with Crippen LogP contribution in [0.3, 0.4) is 0 Å². The van der Waals surface area contributed by atoms with E-state index in [1.807, 2.05) is 19.1 Å². The lowest BCUT2D eigenvalue weighted by molar-refractivity contribution is 0.102. The molecule has 5 heteroatoms. The zero-order chi connectivity index (χ0) is 13.8. The minimum atomic E-state index is -0.659. The number of pyridine rings is 1. The number of hydrogen-bond donors (Lipinski definition) is 1. The number of amides is 1. The minimum absolute atomic E-state index is 0.163. The summed E-state index contributed by atoms with van der Waals surface area (Å²) in [6.45, 7) is 1.83. The molecule has 0 bridgehead atoms. The molecular weight excluding hydrogens is 264 g/mol. The fraction of sp³-hybridized carbons (Fsp3) is 0.0714. The third-order valence-corrected chi connectivity index (χ3v) is 2.84. The summed E-state index contributed by atoms with van der Waals surface area (Å²) in [4.78, 5) is 27.3. The Kier molecular flexibility index (Phi) is 3.92. The van der Waals surface area contributed by atoms with Crippen molar-refractivity contribution in [3.8, 4) is 0 Å².